The summed E-state index contributed by atoms with van der Waals surface area (Å²) in [6.45, 7) is 2.25. The number of nitrogens with zero attached hydrogens (tertiary/aromatic N) is 4. The Hall–Kier alpha value is -4.80. The van der Waals surface area contributed by atoms with Crippen LogP contribution in [0.2, 0.25) is 0 Å². The summed E-state index contributed by atoms with van der Waals surface area (Å²) in [5.74, 6) is -1.57. The summed E-state index contributed by atoms with van der Waals surface area (Å²) in [7, 11) is 1.62. The molecule has 3 atom stereocenters. The van der Waals surface area contributed by atoms with Crippen LogP contribution >= 0.6 is 0 Å². The van der Waals surface area contributed by atoms with Gasteiger partial charge in [0.15, 0.2) is 5.60 Å². The Morgan fingerprint density at radius 1 is 1.12 bits per heavy atom. The number of nitrogens with two attached hydrogens (primary N) is 1. The Morgan fingerprint density at radius 2 is 1.86 bits per heavy atom. The maximum atomic E-state index is 13.3. The molecule has 0 bridgehead atoms. The van der Waals surface area contributed by atoms with Crippen molar-refractivity contribution < 1.29 is 19.8 Å². The highest BCUT2D eigenvalue weighted by atomic mass is 16.3. The van der Waals surface area contributed by atoms with Gasteiger partial charge in [-0.15, -0.1) is 5.10 Å². The van der Waals surface area contributed by atoms with E-state index in [4.69, 9.17) is 5.73 Å². The maximum Gasteiger partial charge on any atom is 0.264 e. The number of nitrogens with one attached hydrogen (secondary N) is 1. The van der Waals surface area contributed by atoms with Gasteiger partial charge in [-0.05, 0) is 54.4 Å². The minimum atomic E-state index is -1.80. The topological polar surface area (TPSA) is 147 Å². The number of hydrogen-bond donors (Lipinski definition) is 4. The second-order valence-electron chi connectivity index (χ2n) is 10.5. The summed E-state index contributed by atoms with van der Waals surface area (Å²) in [4.78, 5) is 27.5. The van der Waals surface area contributed by atoms with Gasteiger partial charge in [0.1, 0.15) is 0 Å². The average molecular weight is 567 g/mol. The van der Waals surface area contributed by atoms with Crippen LogP contribution in [-0.2, 0) is 16.9 Å². The summed E-state index contributed by atoms with van der Waals surface area (Å²) in [5.41, 5.74) is 8.05. The smallest absolute Gasteiger partial charge is 0.264 e. The van der Waals surface area contributed by atoms with Crippen LogP contribution in [0, 0.1) is 5.92 Å². The van der Waals surface area contributed by atoms with Crippen molar-refractivity contribution in [3.63, 3.8) is 0 Å². The molecule has 0 fully saturated rings. The SMILES string of the molecule is C[C@H](/C=C/CCn1cc(C(CO)c2ccccc2)nn1)[C@@]1(O)C(=O)N(C)c2ccc(NC(=O)c3ccc(N)cc3)cc21. The van der Waals surface area contributed by atoms with Crippen molar-refractivity contribution in [2.75, 3.05) is 29.6 Å². The van der Waals surface area contributed by atoms with E-state index >= 15 is 0 Å². The molecule has 0 aliphatic carbocycles. The van der Waals surface area contributed by atoms with Gasteiger partial charge >= 0.3 is 0 Å². The molecule has 5 rings (SSSR count). The number of hydrogen-bond acceptors (Lipinski definition) is 7. The Kier molecular flexibility index (Phi) is 8.19. The van der Waals surface area contributed by atoms with E-state index in [0.717, 1.165) is 5.56 Å². The van der Waals surface area contributed by atoms with Gasteiger partial charge in [0.2, 0.25) is 0 Å². The van der Waals surface area contributed by atoms with Gasteiger partial charge in [0.05, 0.1) is 23.9 Å². The number of anilines is 3. The number of carbonyl (C=O) groups is 2. The second kappa shape index (κ2) is 12.0. The third-order valence-electron chi connectivity index (χ3n) is 7.74. The molecule has 216 valence electrons. The Balaban J connectivity index is 1.27. The van der Waals surface area contributed by atoms with E-state index in [2.05, 4.69) is 15.6 Å². The van der Waals surface area contributed by atoms with E-state index in [1.165, 1.54) is 4.90 Å². The normalized spacial score (nSPS) is 17.8. The highest BCUT2D eigenvalue weighted by molar-refractivity contribution is 6.08. The Bertz CT molecular complexity index is 1600. The van der Waals surface area contributed by atoms with Gasteiger partial charge in [-0.2, -0.15) is 0 Å². The summed E-state index contributed by atoms with van der Waals surface area (Å²) >= 11 is 0. The molecule has 3 aromatic carbocycles. The van der Waals surface area contributed by atoms with Gasteiger partial charge in [-0.3, -0.25) is 14.3 Å². The second-order valence-corrected chi connectivity index (χ2v) is 10.5. The van der Waals surface area contributed by atoms with Crippen molar-refractivity contribution in [2.24, 2.45) is 5.92 Å². The van der Waals surface area contributed by atoms with Crippen molar-refractivity contribution in [3.8, 4) is 0 Å². The number of rotatable bonds is 10. The van der Waals surface area contributed by atoms with Crippen LogP contribution in [0.1, 0.15) is 46.4 Å². The van der Waals surface area contributed by atoms with Crippen LogP contribution in [0.25, 0.3) is 0 Å². The number of aryl methyl sites for hydroxylation is 1. The molecule has 0 saturated carbocycles. The maximum absolute atomic E-state index is 13.3. The van der Waals surface area contributed by atoms with Crippen LogP contribution in [-0.4, -0.2) is 50.7 Å². The highest BCUT2D eigenvalue weighted by Crippen LogP contribution is 2.45. The van der Waals surface area contributed by atoms with E-state index in [1.807, 2.05) is 48.7 Å². The van der Waals surface area contributed by atoms with Crippen LogP contribution in [0.5, 0.6) is 0 Å². The minimum absolute atomic E-state index is 0.0740. The number of aliphatic hydroxyl groups excluding tert-OH is 1. The molecular weight excluding hydrogens is 532 g/mol. The first kappa shape index (κ1) is 28.7. The third-order valence-corrected chi connectivity index (χ3v) is 7.74. The molecule has 1 aliphatic rings. The monoisotopic (exact) mass is 566 g/mol. The lowest BCUT2D eigenvalue weighted by Gasteiger charge is -2.27. The van der Waals surface area contributed by atoms with E-state index in [9.17, 15) is 19.8 Å². The molecule has 1 unspecified atom stereocenters. The summed E-state index contributed by atoms with van der Waals surface area (Å²) in [6, 6.07) is 21.3. The van der Waals surface area contributed by atoms with Crippen LogP contribution in [0.4, 0.5) is 17.1 Å². The van der Waals surface area contributed by atoms with Gasteiger partial charge in [-0.25, -0.2) is 0 Å². The van der Waals surface area contributed by atoms with Crippen molar-refractivity contribution in [1.29, 1.82) is 0 Å². The highest BCUT2D eigenvalue weighted by Gasteiger charge is 2.51. The Morgan fingerprint density at radius 3 is 2.57 bits per heavy atom. The predicted molar refractivity (Wildman–Crippen MR) is 161 cm³/mol. The van der Waals surface area contributed by atoms with E-state index < -0.39 is 17.4 Å². The number of fused-ring (bicyclic) bond motifs is 1. The molecule has 5 N–H and O–H groups in total. The molecule has 0 saturated heterocycles. The zero-order valence-corrected chi connectivity index (χ0v) is 23.5. The number of allylic oxidation sites excluding steroid dienone is 1. The number of amides is 2. The largest absolute Gasteiger partial charge is 0.399 e. The van der Waals surface area contributed by atoms with Gasteiger partial charge in [0, 0.05) is 48.2 Å². The molecule has 42 heavy (non-hydrogen) atoms. The quantitative estimate of drug-likeness (QED) is 0.169. The lowest BCUT2D eigenvalue weighted by Crippen LogP contribution is -2.43. The molecule has 2 amide bonds. The molecule has 10 heteroatoms. The van der Waals surface area contributed by atoms with Crippen LogP contribution in [0.15, 0.2) is 91.1 Å². The first-order chi connectivity index (χ1) is 20.2. The van der Waals surface area contributed by atoms with Gasteiger partial charge in [0.25, 0.3) is 11.8 Å². The fourth-order valence-corrected chi connectivity index (χ4v) is 5.25. The first-order valence-corrected chi connectivity index (χ1v) is 13.8. The molecule has 4 aromatic rings. The molecule has 0 spiro atoms. The zero-order valence-electron chi connectivity index (χ0n) is 23.5. The predicted octanol–water partition coefficient (Wildman–Crippen LogP) is 3.68. The zero-order chi connectivity index (χ0) is 29.9. The van der Waals surface area contributed by atoms with Crippen molar-refractivity contribution in [2.45, 2.75) is 31.4 Å². The first-order valence-electron chi connectivity index (χ1n) is 13.8. The number of carbonyl (C=O) groups excluding carboxylic acids is 2. The molecule has 2 heterocycles. The van der Waals surface area contributed by atoms with E-state index in [-0.39, 0.29) is 18.4 Å². The molecule has 1 aliphatic heterocycles. The van der Waals surface area contributed by atoms with Crippen LogP contribution in [0.3, 0.4) is 0 Å². The van der Waals surface area contributed by atoms with Crippen LogP contribution < -0.4 is 16.0 Å². The number of aromatic nitrogens is 3. The molecule has 10 nitrogen and oxygen atoms in total. The fraction of sp³-hybridized carbons (Fsp3) is 0.250. The number of aliphatic hydroxyl groups is 2. The summed E-state index contributed by atoms with van der Waals surface area (Å²) < 4.78 is 1.71. The minimum Gasteiger partial charge on any atom is -0.399 e. The Labute approximate surface area is 244 Å². The summed E-state index contributed by atoms with van der Waals surface area (Å²) in [5, 5.41) is 33.0. The third kappa shape index (κ3) is 5.54. The average Bonchev–Trinajstić information content (AvgIpc) is 3.54. The van der Waals surface area contributed by atoms with E-state index in [1.54, 1.807) is 61.1 Å². The van der Waals surface area contributed by atoms with E-state index in [0.29, 0.717) is 46.8 Å². The molecule has 1 aromatic heterocycles. The number of benzene rings is 3. The summed E-state index contributed by atoms with van der Waals surface area (Å²) in [6.07, 6.45) is 6.14. The lowest BCUT2D eigenvalue weighted by molar-refractivity contribution is -0.139. The number of nitrogen functional groups attached to an aromatic ring is 1. The lowest BCUT2D eigenvalue weighted by atomic mass is 9.82. The standard InChI is InChI=1S/C32H34N6O4/c1-21(8-6-7-17-38-19-28(35-36-38)26(20-39)22-9-4-3-5-10-22)32(42)27-18-25(15-16-29(27)37(2)31(32)41)34-30(40)23-11-13-24(33)14-12-23/h3-6,8-16,18-19,21,26,39,42H,7,17,20,33H2,1-2H3,(H,34,40)/b8-6+/t21-,26?,32+/m1/s1. The molecule has 0 radical (unpaired) electrons. The molecular formula is C32H34N6O4. The van der Waals surface area contributed by atoms with Crippen molar-refractivity contribution in [1.82, 2.24) is 15.0 Å². The van der Waals surface area contributed by atoms with Crippen molar-refractivity contribution >= 4 is 28.9 Å². The van der Waals surface area contributed by atoms with Crippen molar-refractivity contribution in [3.05, 3.63) is 114 Å². The van der Waals surface area contributed by atoms with Gasteiger partial charge in [-0.1, -0.05) is 54.6 Å². The van der Waals surface area contributed by atoms with Gasteiger partial charge < -0.3 is 26.2 Å². The number of likely N-dealkylation sites (N-methyl/N-ethyl adjacent to an activating group) is 1. The fourth-order valence-electron chi connectivity index (χ4n) is 5.25.